The molecule has 0 radical (unpaired) electrons. The van der Waals surface area contributed by atoms with E-state index in [2.05, 4.69) is 152 Å². The summed E-state index contributed by atoms with van der Waals surface area (Å²) in [5.41, 5.74) is 9.25. The van der Waals surface area contributed by atoms with Crippen LogP contribution in [0.4, 0.5) is 0 Å². The van der Waals surface area contributed by atoms with Gasteiger partial charge in [-0.1, -0.05) is 127 Å². The van der Waals surface area contributed by atoms with Crippen molar-refractivity contribution in [2.45, 2.75) is 0 Å². The van der Waals surface area contributed by atoms with Gasteiger partial charge in [-0.3, -0.25) is 4.98 Å². The van der Waals surface area contributed by atoms with Gasteiger partial charge in [0.05, 0.1) is 5.69 Å². The number of benzene rings is 6. The van der Waals surface area contributed by atoms with Gasteiger partial charge < -0.3 is 0 Å². The second kappa shape index (κ2) is 9.46. The molecule has 0 aliphatic carbocycles. The van der Waals surface area contributed by atoms with Crippen molar-refractivity contribution in [2.75, 3.05) is 0 Å². The highest BCUT2D eigenvalue weighted by Gasteiger charge is 2.14. The van der Waals surface area contributed by atoms with Gasteiger partial charge in [-0.05, 0) is 62.2 Å². The van der Waals surface area contributed by atoms with Crippen LogP contribution in [0.25, 0.3) is 66.2 Å². The fourth-order valence-electron chi connectivity index (χ4n) is 5.46. The predicted molar refractivity (Wildman–Crippen MR) is 161 cm³/mol. The van der Waals surface area contributed by atoms with Gasteiger partial charge in [0.25, 0.3) is 0 Å². The Balaban J connectivity index is 1.47. The van der Waals surface area contributed by atoms with Crippen LogP contribution in [-0.2, 0) is 0 Å². The van der Waals surface area contributed by atoms with Crippen molar-refractivity contribution in [1.29, 1.82) is 0 Å². The molecule has 1 heteroatoms. The number of fused-ring (bicyclic) bond motifs is 2. The molecule has 0 unspecified atom stereocenters. The van der Waals surface area contributed by atoms with Crippen LogP contribution in [0.3, 0.4) is 0 Å². The number of rotatable bonds is 4. The lowest BCUT2D eigenvalue weighted by atomic mass is 9.91. The van der Waals surface area contributed by atoms with Crippen molar-refractivity contribution < 1.29 is 0 Å². The summed E-state index contributed by atoms with van der Waals surface area (Å²) in [7, 11) is 0. The second-order valence-electron chi connectivity index (χ2n) is 9.62. The zero-order valence-corrected chi connectivity index (χ0v) is 20.9. The van der Waals surface area contributed by atoms with Crippen LogP contribution in [0.15, 0.2) is 152 Å². The molecule has 38 heavy (non-hydrogen) atoms. The Morgan fingerprint density at radius 1 is 0.342 bits per heavy atom. The molecule has 0 atom stereocenters. The highest BCUT2D eigenvalue weighted by Crippen LogP contribution is 2.39. The molecule has 7 aromatic rings. The molecule has 0 aliphatic rings. The summed E-state index contributed by atoms with van der Waals surface area (Å²) < 4.78 is 0. The zero-order chi connectivity index (χ0) is 25.3. The van der Waals surface area contributed by atoms with Gasteiger partial charge in [0, 0.05) is 22.7 Å². The third-order valence-corrected chi connectivity index (χ3v) is 7.30. The highest BCUT2D eigenvalue weighted by molar-refractivity contribution is 6.08. The Morgan fingerprint density at radius 3 is 1.55 bits per heavy atom. The molecule has 0 saturated heterocycles. The standard InChI is InChI=1S/C37H25N/c1-3-12-26(13-4-1)29-22-30(27-14-5-2-6-15-27)24-31(23-29)37-35-20-10-9-19-34(35)36(25-38-37)33-21-11-17-28-16-7-8-18-32(28)33/h1-25H. The van der Waals surface area contributed by atoms with E-state index in [0.717, 1.165) is 22.2 Å². The quantitative estimate of drug-likeness (QED) is 0.243. The molecule has 1 aromatic heterocycles. The number of pyridine rings is 1. The summed E-state index contributed by atoms with van der Waals surface area (Å²) in [6.45, 7) is 0. The lowest BCUT2D eigenvalue weighted by molar-refractivity contribution is 1.36. The molecule has 0 N–H and O–H groups in total. The largest absolute Gasteiger partial charge is 0.255 e. The van der Waals surface area contributed by atoms with Gasteiger partial charge in [0.1, 0.15) is 0 Å². The number of hydrogen-bond acceptors (Lipinski definition) is 1. The first-order valence-electron chi connectivity index (χ1n) is 13.0. The van der Waals surface area contributed by atoms with Gasteiger partial charge in [-0.15, -0.1) is 0 Å². The lowest BCUT2D eigenvalue weighted by Gasteiger charge is -2.15. The number of nitrogens with zero attached hydrogens (tertiary/aromatic N) is 1. The Kier molecular flexibility index (Phi) is 5.53. The summed E-state index contributed by atoms with van der Waals surface area (Å²) >= 11 is 0. The summed E-state index contributed by atoms with van der Waals surface area (Å²) in [5.74, 6) is 0. The molecule has 0 spiro atoms. The summed E-state index contributed by atoms with van der Waals surface area (Å²) in [6, 6.07) is 51.7. The zero-order valence-electron chi connectivity index (χ0n) is 20.9. The van der Waals surface area contributed by atoms with Crippen molar-refractivity contribution in [1.82, 2.24) is 4.98 Å². The van der Waals surface area contributed by atoms with Crippen molar-refractivity contribution in [3.8, 4) is 44.6 Å². The molecule has 1 nitrogen and oxygen atoms in total. The lowest BCUT2D eigenvalue weighted by Crippen LogP contribution is -1.92. The van der Waals surface area contributed by atoms with E-state index in [-0.39, 0.29) is 0 Å². The van der Waals surface area contributed by atoms with Crippen LogP contribution in [0, 0.1) is 0 Å². The average Bonchev–Trinajstić information content (AvgIpc) is 3.01. The highest BCUT2D eigenvalue weighted by atomic mass is 14.7. The van der Waals surface area contributed by atoms with E-state index in [1.54, 1.807) is 0 Å². The monoisotopic (exact) mass is 483 g/mol. The number of aromatic nitrogens is 1. The number of hydrogen-bond donors (Lipinski definition) is 0. The maximum atomic E-state index is 5.13. The van der Waals surface area contributed by atoms with E-state index in [1.165, 1.54) is 44.0 Å². The molecule has 7 rings (SSSR count). The van der Waals surface area contributed by atoms with Gasteiger partial charge in [-0.25, -0.2) is 0 Å². The van der Waals surface area contributed by atoms with E-state index in [4.69, 9.17) is 4.98 Å². The predicted octanol–water partition coefficient (Wildman–Crippen LogP) is 10.1. The van der Waals surface area contributed by atoms with E-state index >= 15 is 0 Å². The van der Waals surface area contributed by atoms with E-state index in [9.17, 15) is 0 Å². The fraction of sp³-hybridized carbons (Fsp3) is 0. The van der Waals surface area contributed by atoms with Crippen LogP contribution < -0.4 is 0 Å². The molecule has 0 bridgehead atoms. The SMILES string of the molecule is c1ccc(-c2cc(-c3ccccc3)cc(-c3ncc(-c4cccc5ccccc45)c4ccccc34)c2)cc1. The first kappa shape index (κ1) is 22.2. The minimum atomic E-state index is 1.000. The normalized spacial score (nSPS) is 11.2. The average molecular weight is 484 g/mol. The van der Waals surface area contributed by atoms with Crippen molar-refractivity contribution in [3.63, 3.8) is 0 Å². The molecule has 0 amide bonds. The first-order chi connectivity index (χ1) is 18.8. The first-order valence-corrected chi connectivity index (χ1v) is 13.0. The fourth-order valence-corrected chi connectivity index (χ4v) is 5.46. The van der Waals surface area contributed by atoms with Crippen LogP contribution in [0.1, 0.15) is 0 Å². The van der Waals surface area contributed by atoms with Gasteiger partial charge in [0.15, 0.2) is 0 Å². The minimum absolute atomic E-state index is 1.000. The van der Waals surface area contributed by atoms with E-state index in [0.29, 0.717) is 0 Å². The molecule has 0 fully saturated rings. The smallest absolute Gasteiger partial charge is 0.0781 e. The van der Waals surface area contributed by atoms with Crippen molar-refractivity contribution >= 4 is 21.5 Å². The van der Waals surface area contributed by atoms with Crippen molar-refractivity contribution in [2.24, 2.45) is 0 Å². The Bertz CT molecular complexity index is 1840. The minimum Gasteiger partial charge on any atom is -0.255 e. The van der Waals surface area contributed by atoms with E-state index < -0.39 is 0 Å². The molecular formula is C37H25N. The molecule has 0 saturated carbocycles. The third kappa shape index (κ3) is 3.95. The topological polar surface area (TPSA) is 12.9 Å². The van der Waals surface area contributed by atoms with E-state index in [1.807, 2.05) is 0 Å². The summed E-state index contributed by atoms with van der Waals surface area (Å²) in [6.07, 6.45) is 2.05. The molecule has 6 aromatic carbocycles. The molecular weight excluding hydrogens is 458 g/mol. The van der Waals surface area contributed by atoms with Gasteiger partial charge in [-0.2, -0.15) is 0 Å². The molecule has 0 aliphatic heterocycles. The van der Waals surface area contributed by atoms with Crippen LogP contribution in [0.5, 0.6) is 0 Å². The summed E-state index contributed by atoms with van der Waals surface area (Å²) in [5, 5.41) is 4.84. The van der Waals surface area contributed by atoms with Crippen molar-refractivity contribution in [3.05, 3.63) is 152 Å². The maximum absolute atomic E-state index is 5.13. The molecule has 178 valence electrons. The second-order valence-corrected chi connectivity index (χ2v) is 9.62. The Labute approximate surface area is 222 Å². The van der Waals surface area contributed by atoms with Crippen LogP contribution in [0.2, 0.25) is 0 Å². The van der Waals surface area contributed by atoms with Gasteiger partial charge in [0.2, 0.25) is 0 Å². The van der Waals surface area contributed by atoms with Crippen LogP contribution >= 0.6 is 0 Å². The maximum Gasteiger partial charge on any atom is 0.0781 e. The van der Waals surface area contributed by atoms with Gasteiger partial charge >= 0.3 is 0 Å². The van der Waals surface area contributed by atoms with Crippen LogP contribution in [-0.4, -0.2) is 4.98 Å². The Hall–Kier alpha value is -5.01. The third-order valence-electron chi connectivity index (χ3n) is 7.30. The summed E-state index contributed by atoms with van der Waals surface area (Å²) in [4.78, 5) is 5.13. The Morgan fingerprint density at radius 2 is 0.868 bits per heavy atom. The molecule has 1 heterocycles.